The Balaban J connectivity index is 1.85. The van der Waals surface area contributed by atoms with Crippen LogP contribution in [0.5, 0.6) is 0 Å². The minimum atomic E-state index is -4.66. The molecule has 0 aromatic heterocycles. The SMILES string of the molecule is CC(C(=O)N1CCc2ccccc21)S(=O)(=O)Cc1ccccc1C(F)(F)F. The Morgan fingerprint density at radius 1 is 1.11 bits per heavy atom. The highest BCUT2D eigenvalue weighted by atomic mass is 32.2. The van der Waals surface area contributed by atoms with Gasteiger partial charge in [0.1, 0.15) is 5.25 Å². The Bertz CT molecular complexity index is 970. The third-order valence-corrected chi connectivity index (χ3v) is 6.71. The van der Waals surface area contributed by atoms with E-state index in [1.54, 1.807) is 12.1 Å². The molecule has 0 bridgehead atoms. The molecule has 27 heavy (non-hydrogen) atoms. The number of hydrogen-bond donors (Lipinski definition) is 0. The molecule has 2 aromatic rings. The molecule has 1 unspecified atom stereocenters. The second-order valence-electron chi connectivity index (χ2n) is 6.47. The van der Waals surface area contributed by atoms with E-state index in [9.17, 15) is 26.4 Å². The predicted octanol–water partition coefficient (Wildman–Crippen LogP) is 3.60. The van der Waals surface area contributed by atoms with Crippen LogP contribution in [0.4, 0.5) is 18.9 Å². The number of fused-ring (bicyclic) bond motifs is 1. The molecular weight excluding hydrogens is 379 g/mol. The molecule has 144 valence electrons. The minimum Gasteiger partial charge on any atom is -0.311 e. The number of amides is 1. The number of anilines is 1. The number of para-hydroxylation sites is 1. The Morgan fingerprint density at radius 2 is 1.74 bits per heavy atom. The summed E-state index contributed by atoms with van der Waals surface area (Å²) in [7, 11) is -4.13. The quantitative estimate of drug-likeness (QED) is 0.792. The van der Waals surface area contributed by atoms with E-state index in [0.29, 0.717) is 18.7 Å². The van der Waals surface area contributed by atoms with E-state index in [4.69, 9.17) is 0 Å². The van der Waals surface area contributed by atoms with Crippen molar-refractivity contribution in [2.75, 3.05) is 11.4 Å². The lowest BCUT2D eigenvalue weighted by Crippen LogP contribution is -2.41. The molecule has 1 aliphatic heterocycles. The van der Waals surface area contributed by atoms with Crippen molar-refractivity contribution in [1.82, 2.24) is 0 Å². The molecule has 2 aromatic carbocycles. The maximum atomic E-state index is 13.1. The molecule has 1 amide bonds. The van der Waals surface area contributed by atoms with Gasteiger partial charge in [0.05, 0.1) is 11.3 Å². The monoisotopic (exact) mass is 397 g/mol. The molecule has 8 heteroatoms. The molecule has 0 fully saturated rings. The maximum absolute atomic E-state index is 13.1. The lowest BCUT2D eigenvalue weighted by Gasteiger charge is -2.22. The average Bonchev–Trinajstić information content (AvgIpc) is 3.03. The van der Waals surface area contributed by atoms with Crippen molar-refractivity contribution in [3.05, 3.63) is 65.2 Å². The Kier molecular flexibility index (Phi) is 5.03. The van der Waals surface area contributed by atoms with E-state index in [-0.39, 0.29) is 5.56 Å². The number of rotatable bonds is 4. The summed E-state index contributed by atoms with van der Waals surface area (Å²) in [5.41, 5.74) is 0.240. The van der Waals surface area contributed by atoms with E-state index >= 15 is 0 Å². The molecule has 0 N–H and O–H groups in total. The Labute approximate surface area is 155 Å². The zero-order valence-corrected chi connectivity index (χ0v) is 15.3. The van der Waals surface area contributed by atoms with Gasteiger partial charge in [0, 0.05) is 12.2 Å². The van der Waals surface area contributed by atoms with Crippen molar-refractivity contribution in [2.45, 2.75) is 30.5 Å². The van der Waals surface area contributed by atoms with Gasteiger partial charge >= 0.3 is 6.18 Å². The number of sulfone groups is 1. The number of halogens is 3. The van der Waals surface area contributed by atoms with Crippen molar-refractivity contribution in [3.63, 3.8) is 0 Å². The molecule has 0 radical (unpaired) electrons. The first-order valence-corrected chi connectivity index (χ1v) is 10.1. The van der Waals surface area contributed by atoms with E-state index in [1.807, 2.05) is 12.1 Å². The lowest BCUT2D eigenvalue weighted by atomic mass is 10.1. The third kappa shape index (κ3) is 3.85. The van der Waals surface area contributed by atoms with Gasteiger partial charge in [-0.1, -0.05) is 36.4 Å². The second kappa shape index (κ2) is 6.99. The summed E-state index contributed by atoms with van der Waals surface area (Å²) < 4.78 is 64.7. The van der Waals surface area contributed by atoms with Crippen LogP contribution in [0.1, 0.15) is 23.6 Å². The highest BCUT2D eigenvalue weighted by Gasteiger charge is 2.38. The summed E-state index contributed by atoms with van der Waals surface area (Å²) in [5.74, 6) is -1.46. The predicted molar refractivity (Wildman–Crippen MR) is 96.0 cm³/mol. The van der Waals surface area contributed by atoms with Crippen LogP contribution in [0.3, 0.4) is 0 Å². The van der Waals surface area contributed by atoms with Crippen LogP contribution in [0.15, 0.2) is 48.5 Å². The topological polar surface area (TPSA) is 54.5 Å². The fourth-order valence-corrected chi connectivity index (χ4v) is 4.57. The Morgan fingerprint density at radius 3 is 2.44 bits per heavy atom. The van der Waals surface area contributed by atoms with Gasteiger partial charge in [-0.05, 0) is 36.6 Å². The van der Waals surface area contributed by atoms with E-state index in [0.717, 1.165) is 17.7 Å². The summed E-state index contributed by atoms with van der Waals surface area (Å²) in [4.78, 5) is 14.1. The van der Waals surface area contributed by atoms with Gasteiger partial charge in [0.15, 0.2) is 9.84 Å². The molecule has 0 saturated carbocycles. The van der Waals surface area contributed by atoms with Gasteiger partial charge in [-0.15, -0.1) is 0 Å². The third-order valence-electron chi connectivity index (χ3n) is 4.72. The van der Waals surface area contributed by atoms with Gasteiger partial charge < -0.3 is 4.90 Å². The first-order valence-electron chi connectivity index (χ1n) is 8.37. The van der Waals surface area contributed by atoms with Crippen molar-refractivity contribution in [2.24, 2.45) is 0 Å². The van der Waals surface area contributed by atoms with Gasteiger partial charge in [0.2, 0.25) is 5.91 Å². The van der Waals surface area contributed by atoms with Crippen LogP contribution in [0.25, 0.3) is 0 Å². The van der Waals surface area contributed by atoms with E-state index in [2.05, 4.69) is 0 Å². The number of carbonyl (C=O) groups is 1. The molecule has 3 rings (SSSR count). The standard InChI is InChI=1S/C19H18F3NO3S/c1-13(18(24)23-11-10-14-6-3-5-9-17(14)23)27(25,26)12-15-7-2-4-8-16(15)19(20,21)22/h2-9,13H,10-12H2,1H3. The maximum Gasteiger partial charge on any atom is 0.416 e. The van der Waals surface area contributed by atoms with Crippen LogP contribution < -0.4 is 4.90 Å². The molecule has 4 nitrogen and oxygen atoms in total. The molecule has 0 spiro atoms. The molecule has 1 atom stereocenters. The molecule has 0 aliphatic carbocycles. The van der Waals surface area contributed by atoms with Crippen molar-refractivity contribution in [3.8, 4) is 0 Å². The highest BCUT2D eigenvalue weighted by Crippen LogP contribution is 2.34. The summed E-state index contributed by atoms with van der Waals surface area (Å²) in [6.45, 7) is 1.59. The number of carbonyl (C=O) groups excluding carboxylic acids is 1. The van der Waals surface area contributed by atoms with E-state index in [1.165, 1.54) is 24.0 Å². The molecule has 1 aliphatic rings. The molecule has 0 saturated heterocycles. The first kappa shape index (κ1) is 19.4. The highest BCUT2D eigenvalue weighted by molar-refractivity contribution is 7.92. The number of alkyl halides is 3. The number of benzene rings is 2. The summed E-state index contributed by atoms with van der Waals surface area (Å²) >= 11 is 0. The molecular formula is C19H18F3NO3S. The fraction of sp³-hybridized carbons (Fsp3) is 0.316. The summed E-state index contributed by atoms with van der Waals surface area (Å²) in [6, 6.07) is 11.7. The zero-order valence-electron chi connectivity index (χ0n) is 14.5. The molecule has 1 heterocycles. The normalized spacial score (nSPS) is 15.5. The van der Waals surface area contributed by atoms with Gasteiger partial charge in [0.25, 0.3) is 0 Å². The van der Waals surface area contributed by atoms with Crippen LogP contribution in [0, 0.1) is 0 Å². The first-order chi connectivity index (χ1) is 12.6. The van der Waals surface area contributed by atoms with E-state index < -0.39 is 38.5 Å². The van der Waals surface area contributed by atoms with Crippen LogP contribution >= 0.6 is 0 Å². The fourth-order valence-electron chi connectivity index (χ4n) is 3.20. The summed E-state index contributed by atoms with van der Waals surface area (Å²) in [6.07, 6.45) is -4.04. The van der Waals surface area contributed by atoms with Gasteiger partial charge in [-0.25, -0.2) is 8.42 Å². The Hall–Kier alpha value is -2.35. The van der Waals surface area contributed by atoms with Gasteiger partial charge in [-0.2, -0.15) is 13.2 Å². The smallest absolute Gasteiger partial charge is 0.311 e. The van der Waals surface area contributed by atoms with Crippen LogP contribution in [0.2, 0.25) is 0 Å². The van der Waals surface area contributed by atoms with Crippen LogP contribution in [-0.2, 0) is 33.0 Å². The second-order valence-corrected chi connectivity index (χ2v) is 8.79. The number of nitrogens with zero attached hydrogens (tertiary/aromatic N) is 1. The summed E-state index contributed by atoms with van der Waals surface area (Å²) in [5, 5.41) is -1.44. The zero-order chi connectivity index (χ0) is 19.8. The lowest BCUT2D eigenvalue weighted by molar-refractivity contribution is -0.138. The van der Waals surface area contributed by atoms with Crippen molar-refractivity contribution < 1.29 is 26.4 Å². The van der Waals surface area contributed by atoms with Crippen LogP contribution in [-0.4, -0.2) is 26.1 Å². The van der Waals surface area contributed by atoms with Crippen molar-refractivity contribution >= 4 is 21.4 Å². The van der Waals surface area contributed by atoms with Crippen molar-refractivity contribution in [1.29, 1.82) is 0 Å². The average molecular weight is 397 g/mol. The number of hydrogen-bond acceptors (Lipinski definition) is 3. The van der Waals surface area contributed by atoms with Gasteiger partial charge in [-0.3, -0.25) is 4.79 Å². The largest absolute Gasteiger partial charge is 0.416 e. The minimum absolute atomic E-state index is 0.355.